The van der Waals surface area contributed by atoms with E-state index in [-0.39, 0.29) is 6.61 Å². The normalized spacial score (nSPS) is 12.3. The quantitative estimate of drug-likeness (QED) is 0.446. The summed E-state index contributed by atoms with van der Waals surface area (Å²) in [6.45, 7) is 0.109. The Morgan fingerprint density at radius 1 is 1.80 bits per heavy atom. The molecule has 4 nitrogen and oxygen atoms in total. The molecule has 5 heteroatoms. The van der Waals surface area contributed by atoms with Crippen molar-refractivity contribution in [3.63, 3.8) is 0 Å². The molecule has 1 radical (unpaired) electrons. The summed E-state index contributed by atoms with van der Waals surface area (Å²) in [4.78, 5) is 10.2. The van der Waals surface area contributed by atoms with Gasteiger partial charge in [0.1, 0.15) is 19.5 Å². The van der Waals surface area contributed by atoms with Gasteiger partial charge in [0.25, 0.3) is 0 Å². The molecule has 1 unspecified atom stereocenters. The van der Waals surface area contributed by atoms with Crippen LogP contribution in [0.1, 0.15) is 0 Å². The molecule has 0 saturated carbocycles. The SMILES string of the molecule is [CH2]OC(=O)OCC[S+](C)[O-]. The third-order valence-corrected chi connectivity index (χ3v) is 1.45. The number of ether oxygens (including phenoxy) is 2. The van der Waals surface area contributed by atoms with Crippen molar-refractivity contribution in [2.45, 2.75) is 0 Å². The van der Waals surface area contributed by atoms with Crippen molar-refractivity contribution in [2.24, 2.45) is 0 Å². The summed E-state index contributed by atoms with van der Waals surface area (Å²) < 4.78 is 18.7. The topological polar surface area (TPSA) is 58.6 Å². The third kappa shape index (κ3) is 5.71. The van der Waals surface area contributed by atoms with Gasteiger partial charge < -0.3 is 14.0 Å². The van der Waals surface area contributed by atoms with Gasteiger partial charge in [-0.1, -0.05) is 11.2 Å². The second-order valence-electron chi connectivity index (χ2n) is 1.52. The molecule has 0 aliphatic rings. The van der Waals surface area contributed by atoms with Crippen LogP contribution >= 0.6 is 0 Å². The molecule has 59 valence electrons. The van der Waals surface area contributed by atoms with Crippen LogP contribution in [0.15, 0.2) is 0 Å². The zero-order valence-electron chi connectivity index (χ0n) is 5.66. The smallest absolute Gasteiger partial charge is 0.508 e. The molecule has 0 N–H and O–H groups in total. The molecule has 0 aromatic carbocycles. The second-order valence-corrected chi connectivity index (χ2v) is 3.07. The Morgan fingerprint density at radius 2 is 2.40 bits per heavy atom. The molecule has 0 bridgehead atoms. The van der Waals surface area contributed by atoms with E-state index in [0.29, 0.717) is 5.75 Å². The van der Waals surface area contributed by atoms with Crippen LogP contribution in [0.3, 0.4) is 0 Å². The average Bonchev–Trinajstić information content (AvgIpc) is 1.87. The minimum absolute atomic E-state index is 0.109. The van der Waals surface area contributed by atoms with Crippen LogP contribution in [0, 0.1) is 7.11 Å². The Morgan fingerprint density at radius 3 is 2.80 bits per heavy atom. The van der Waals surface area contributed by atoms with Crippen molar-refractivity contribution in [2.75, 3.05) is 18.6 Å². The van der Waals surface area contributed by atoms with Crippen molar-refractivity contribution in [3.8, 4) is 0 Å². The van der Waals surface area contributed by atoms with Gasteiger partial charge in [0.2, 0.25) is 0 Å². The van der Waals surface area contributed by atoms with E-state index in [1.165, 1.54) is 6.26 Å². The fourth-order valence-corrected chi connectivity index (χ4v) is 0.602. The zero-order valence-corrected chi connectivity index (χ0v) is 6.48. The van der Waals surface area contributed by atoms with Crippen molar-refractivity contribution < 1.29 is 18.8 Å². The summed E-state index contributed by atoms with van der Waals surface area (Å²) in [5.41, 5.74) is 0. The fraction of sp³-hybridized carbons (Fsp3) is 0.600. The minimum atomic E-state index is -0.937. The molecule has 10 heavy (non-hydrogen) atoms. The van der Waals surface area contributed by atoms with Crippen molar-refractivity contribution in [1.29, 1.82) is 0 Å². The van der Waals surface area contributed by atoms with E-state index in [4.69, 9.17) is 0 Å². The van der Waals surface area contributed by atoms with Crippen LogP contribution < -0.4 is 0 Å². The first-order chi connectivity index (χ1) is 4.66. The van der Waals surface area contributed by atoms with Gasteiger partial charge in [-0.25, -0.2) is 4.79 Å². The molecular weight excluding hydrogens is 156 g/mol. The van der Waals surface area contributed by atoms with Crippen molar-refractivity contribution >= 4 is 17.3 Å². The molecule has 0 amide bonds. The van der Waals surface area contributed by atoms with Crippen LogP contribution in [-0.4, -0.2) is 29.3 Å². The highest BCUT2D eigenvalue weighted by Gasteiger charge is 2.02. The van der Waals surface area contributed by atoms with Crippen LogP contribution in [0.2, 0.25) is 0 Å². The van der Waals surface area contributed by atoms with Crippen LogP contribution in [0.4, 0.5) is 4.79 Å². The average molecular weight is 165 g/mol. The van der Waals surface area contributed by atoms with Gasteiger partial charge >= 0.3 is 6.16 Å². The van der Waals surface area contributed by atoms with E-state index < -0.39 is 17.3 Å². The summed E-state index contributed by atoms with van der Waals surface area (Å²) in [6, 6.07) is 0. The van der Waals surface area contributed by atoms with Gasteiger partial charge in [-0.2, -0.15) is 0 Å². The molecule has 1 atom stereocenters. The molecule has 0 aromatic rings. The van der Waals surface area contributed by atoms with E-state index in [0.717, 1.165) is 0 Å². The molecule has 0 heterocycles. The number of hydrogen-bond donors (Lipinski definition) is 0. The van der Waals surface area contributed by atoms with Crippen LogP contribution in [0.25, 0.3) is 0 Å². The van der Waals surface area contributed by atoms with Gasteiger partial charge in [-0.3, -0.25) is 0 Å². The Hall–Kier alpha value is -0.420. The summed E-state index contributed by atoms with van der Waals surface area (Å²) >= 11 is -0.937. The summed E-state index contributed by atoms with van der Waals surface area (Å²) in [6.07, 6.45) is 0.684. The second kappa shape index (κ2) is 5.37. The van der Waals surface area contributed by atoms with Gasteiger partial charge in [-0.05, 0) is 0 Å². The molecule has 0 spiro atoms. The van der Waals surface area contributed by atoms with E-state index in [2.05, 4.69) is 16.6 Å². The van der Waals surface area contributed by atoms with E-state index in [1.54, 1.807) is 0 Å². The monoisotopic (exact) mass is 165 g/mol. The Bertz CT molecular complexity index is 104. The standard InChI is InChI=1S/C5H9O4S/c1-8-5(6)9-3-4-10(2)7/h1,3-4H2,2H3. The lowest BCUT2D eigenvalue weighted by atomic mass is 10.9. The first-order valence-electron chi connectivity index (χ1n) is 2.55. The highest BCUT2D eigenvalue weighted by Crippen LogP contribution is 1.86. The van der Waals surface area contributed by atoms with Gasteiger partial charge in [0.15, 0.2) is 0 Å². The van der Waals surface area contributed by atoms with Gasteiger partial charge in [-0.15, -0.1) is 0 Å². The van der Waals surface area contributed by atoms with E-state index in [1.807, 2.05) is 0 Å². The van der Waals surface area contributed by atoms with Crippen molar-refractivity contribution in [3.05, 3.63) is 7.11 Å². The molecule has 0 aliphatic heterocycles. The summed E-state index contributed by atoms with van der Waals surface area (Å²) in [5.74, 6) is 0.328. The van der Waals surface area contributed by atoms with E-state index >= 15 is 0 Å². The number of carbonyl (C=O) groups is 1. The number of rotatable bonds is 3. The predicted octanol–water partition coefficient (Wildman–Crippen LogP) is 0.310. The predicted molar refractivity (Wildman–Crippen MR) is 36.7 cm³/mol. The largest absolute Gasteiger partial charge is 0.616 e. The highest BCUT2D eigenvalue weighted by molar-refractivity contribution is 7.90. The van der Waals surface area contributed by atoms with Gasteiger partial charge in [0, 0.05) is 0 Å². The Balaban J connectivity index is 3.12. The Kier molecular flexibility index (Phi) is 5.15. The maximum atomic E-state index is 10.4. The number of hydrogen-bond acceptors (Lipinski definition) is 4. The maximum absolute atomic E-state index is 10.4. The fourth-order valence-electron chi connectivity index (χ4n) is 0.284. The summed E-state index contributed by atoms with van der Waals surface area (Å²) in [5, 5.41) is 0. The lowest BCUT2D eigenvalue weighted by molar-refractivity contribution is 0.0882. The molecule has 0 aliphatic carbocycles. The third-order valence-electron chi connectivity index (χ3n) is 0.709. The Labute approximate surface area is 62.7 Å². The first-order valence-corrected chi connectivity index (χ1v) is 4.28. The molecule has 0 fully saturated rings. The lowest BCUT2D eigenvalue weighted by Gasteiger charge is -2.04. The minimum Gasteiger partial charge on any atom is -0.616 e. The van der Waals surface area contributed by atoms with Gasteiger partial charge in [0.05, 0.1) is 6.26 Å². The highest BCUT2D eigenvalue weighted by atomic mass is 32.2. The maximum Gasteiger partial charge on any atom is 0.508 e. The summed E-state index contributed by atoms with van der Waals surface area (Å²) in [7, 11) is 2.83. The van der Waals surface area contributed by atoms with Crippen molar-refractivity contribution in [1.82, 2.24) is 0 Å². The molecular formula is C5H9O4S. The molecule has 0 saturated heterocycles. The van der Waals surface area contributed by atoms with E-state index in [9.17, 15) is 9.35 Å². The van der Waals surface area contributed by atoms with Crippen LogP contribution in [0.5, 0.6) is 0 Å². The first kappa shape index (κ1) is 9.58. The number of carbonyl (C=O) groups excluding carboxylic acids is 1. The lowest BCUT2D eigenvalue weighted by Crippen LogP contribution is -2.13. The molecule has 0 rings (SSSR count). The molecule has 0 aromatic heterocycles. The zero-order chi connectivity index (χ0) is 7.98. The van der Waals surface area contributed by atoms with Crippen LogP contribution in [-0.2, 0) is 20.6 Å².